The maximum Gasteiger partial charge on any atom is 0.433 e. The van der Waals surface area contributed by atoms with Crippen molar-refractivity contribution in [1.82, 2.24) is 19.7 Å². The Hall–Kier alpha value is -1.96. The SMILES string of the molecule is CC(C)n1nc(-c2cc(C(F)(F)F)ncn2)cc1C1[C@H]2CC(O)C[C@@H]12. The normalized spacial score (nSPS) is 28.4. The highest BCUT2D eigenvalue weighted by atomic mass is 19.4. The van der Waals surface area contributed by atoms with E-state index in [9.17, 15) is 18.3 Å². The van der Waals surface area contributed by atoms with Crippen molar-refractivity contribution in [2.45, 2.75) is 50.9 Å². The van der Waals surface area contributed by atoms with Crippen LogP contribution in [0.15, 0.2) is 18.5 Å². The predicted octanol–water partition coefficient (Wildman–Crippen LogP) is 3.42. The summed E-state index contributed by atoms with van der Waals surface area (Å²) in [7, 11) is 0. The second-order valence-electron chi connectivity index (χ2n) is 7.26. The van der Waals surface area contributed by atoms with Gasteiger partial charge in [-0.2, -0.15) is 18.3 Å². The summed E-state index contributed by atoms with van der Waals surface area (Å²) >= 11 is 0. The van der Waals surface area contributed by atoms with E-state index in [2.05, 4.69) is 15.1 Å². The van der Waals surface area contributed by atoms with Crippen molar-refractivity contribution < 1.29 is 18.3 Å². The fourth-order valence-electron chi connectivity index (χ4n) is 4.10. The molecule has 0 spiro atoms. The molecule has 8 heteroatoms. The third kappa shape index (κ3) is 2.82. The van der Waals surface area contributed by atoms with Gasteiger partial charge in [-0.3, -0.25) is 4.68 Å². The van der Waals surface area contributed by atoms with E-state index in [1.165, 1.54) is 0 Å². The van der Waals surface area contributed by atoms with Crippen molar-refractivity contribution in [3.8, 4) is 11.4 Å². The van der Waals surface area contributed by atoms with Gasteiger partial charge < -0.3 is 5.11 Å². The highest BCUT2D eigenvalue weighted by Crippen LogP contribution is 2.63. The topological polar surface area (TPSA) is 63.8 Å². The number of fused-ring (bicyclic) bond motifs is 1. The van der Waals surface area contributed by atoms with Crippen molar-refractivity contribution in [3.63, 3.8) is 0 Å². The van der Waals surface area contributed by atoms with Gasteiger partial charge in [-0.05, 0) is 50.7 Å². The summed E-state index contributed by atoms with van der Waals surface area (Å²) in [5.41, 5.74) is 0.666. The molecule has 2 saturated carbocycles. The smallest absolute Gasteiger partial charge is 0.393 e. The number of rotatable bonds is 3. The van der Waals surface area contributed by atoms with Crippen LogP contribution in [0.4, 0.5) is 13.2 Å². The standard InChI is InChI=1S/C17H19F3N4O/c1-8(2)24-14(16-10-3-9(25)4-11(10)16)5-13(23-24)12-6-15(17(18,19)20)22-7-21-12/h5-11,16,25H,3-4H2,1-2H3/t9?,10-,11+,16?. The lowest BCUT2D eigenvalue weighted by Gasteiger charge is -2.13. The number of aliphatic hydroxyl groups excluding tert-OH is 1. The molecule has 2 fully saturated rings. The van der Waals surface area contributed by atoms with E-state index in [1.807, 2.05) is 24.6 Å². The van der Waals surface area contributed by atoms with Gasteiger partial charge in [-0.1, -0.05) is 0 Å². The molecule has 2 unspecified atom stereocenters. The lowest BCUT2D eigenvalue weighted by atomic mass is 10.1. The second kappa shape index (κ2) is 5.52. The number of aliphatic hydroxyl groups is 1. The molecule has 4 rings (SSSR count). The first-order valence-corrected chi connectivity index (χ1v) is 8.43. The van der Waals surface area contributed by atoms with E-state index in [-0.39, 0.29) is 17.8 Å². The second-order valence-corrected chi connectivity index (χ2v) is 7.26. The molecular weight excluding hydrogens is 333 g/mol. The molecule has 2 aliphatic rings. The summed E-state index contributed by atoms with van der Waals surface area (Å²) in [6.07, 6.45) is -2.23. The number of alkyl halides is 3. The van der Waals surface area contributed by atoms with Crippen LogP contribution in [0.3, 0.4) is 0 Å². The third-order valence-corrected chi connectivity index (χ3v) is 5.24. The van der Waals surface area contributed by atoms with E-state index in [1.54, 1.807) is 0 Å². The first-order valence-electron chi connectivity index (χ1n) is 8.43. The molecule has 1 N–H and O–H groups in total. The van der Waals surface area contributed by atoms with Gasteiger partial charge in [0.15, 0.2) is 0 Å². The van der Waals surface area contributed by atoms with E-state index >= 15 is 0 Å². The number of hydrogen-bond donors (Lipinski definition) is 1. The van der Waals surface area contributed by atoms with Gasteiger partial charge in [0.1, 0.15) is 17.7 Å². The van der Waals surface area contributed by atoms with Crippen LogP contribution in [-0.4, -0.2) is 31.0 Å². The zero-order valence-corrected chi connectivity index (χ0v) is 13.9. The number of hydrogen-bond acceptors (Lipinski definition) is 4. The van der Waals surface area contributed by atoms with Gasteiger partial charge in [-0.15, -0.1) is 0 Å². The van der Waals surface area contributed by atoms with Crippen molar-refractivity contribution in [2.75, 3.05) is 0 Å². The minimum atomic E-state index is -4.51. The van der Waals surface area contributed by atoms with E-state index < -0.39 is 11.9 Å². The van der Waals surface area contributed by atoms with E-state index in [4.69, 9.17) is 0 Å². The van der Waals surface area contributed by atoms with Gasteiger partial charge in [0, 0.05) is 17.7 Å². The molecule has 25 heavy (non-hydrogen) atoms. The van der Waals surface area contributed by atoms with Crippen LogP contribution >= 0.6 is 0 Å². The Morgan fingerprint density at radius 2 is 1.80 bits per heavy atom. The van der Waals surface area contributed by atoms with Crippen LogP contribution in [0, 0.1) is 11.8 Å². The Labute approximate surface area is 142 Å². The maximum atomic E-state index is 12.9. The summed E-state index contributed by atoms with van der Waals surface area (Å²) in [4.78, 5) is 7.28. The average molecular weight is 352 g/mol. The van der Waals surface area contributed by atoms with Crippen LogP contribution < -0.4 is 0 Å². The molecule has 0 saturated heterocycles. The van der Waals surface area contributed by atoms with Crippen LogP contribution in [0.2, 0.25) is 0 Å². The van der Waals surface area contributed by atoms with Crippen molar-refractivity contribution >= 4 is 0 Å². The van der Waals surface area contributed by atoms with Crippen LogP contribution in [0.25, 0.3) is 11.4 Å². The lowest BCUT2D eigenvalue weighted by Crippen LogP contribution is -2.11. The van der Waals surface area contributed by atoms with Gasteiger partial charge in [0.2, 0.25) is 0 Å². The third-order valence-electron chi connectivity index (χ3n) is 5.24. The minimum absolute atomic E-state index is 0.0962. The van der Waals surface area contributed by atoms with Gasteiger partial charge in [0.25, 0.3) is 0 Å². The van der Waals surface area contributed by atoms with Crippen LogP contribution in [-0.2, 0) is 6.18 Å². The molecule has 2 heterocycles. The summed E-state index contributed by atoms with van der Waals surface area (Å²) in [6.45, 7) is 3.99. The van der Waals surface area contributed by atoms with Gasteiger partial charge >= 0.3 is 6.18 Å². The van der Waals surface area contributed by atoms with Gasteiger partial charge in [0.05, 0.1) is 11.8 Å². The fraction of sp³-hybridized carbons (Fsp3) is 0.588. The molecule has 2 aromatic heterocycles. The molecule has 0 bridgehead atoms. The Morgan fingerprint density at radius 1 is 1.12 bits per heavy atom. The molecule has 5 nitrogen and oxygen atoms in total. The number of nitrogens with zero attached hydrogens (tertiary/aromatic N) is 4. The van der Waals surface area contributed by atoms with Crippen molar-refractivity contribution in [1.29, 1.82) is 0 Å². The molecule has 2 aromatic rings. The maximum absolute atomic E-state index is 12.9. The van der Waals surface area contributed by atoms with Gasteiger partial charge in [-0.25, -0.2) is 9.97 Å². The lowest BCUT2D eigenvalue weighted by molar-refractivity contribution is -0.141. The number of aromatic nitrogens is 4. The summed E-state index contributed by atoms with van der Waals surface area (Å²) < 4.78 is 40.5. The Balaban J connectivity index is 1.69. The monoisotopic (exact) mass is 352 g/mol. The molecule has 0 aliphatic heterocycles. The fourth-order valence-corrected chi connectivity index (χ4v) is 4.10. The number of halogens is 3. The molecule has 2 aliphatic carbocycles. The molecule has 4 atom stereocenters. The predicted molar refractivity (Wildman–Crippen MR) is 83.6 cm³/mol. The van der Waals surface area contributed by atoms with E-state index in [0.717, 1.165) is 30.9 Å². The molecular formula is C17H19F3N4O. The Kier molecular flexibility index (Phi) is 3.64. The summed E-state index contributed by atoms with van der Waals surface area (Å²) in [5.74, 6) is 1.23. The minimum Gasteiger partial charge on any atom is -0.393 e. The first kappa shape index (κ1) is 16.5. The molecule has 0 radical (unpaired) electrons. The Morgan fingerprint density at radius 3 is 2.40 bits per heavy atom. The molecule has 134 valence electrons. The zero-order chi connectivity index (χ0) is 17.9. The molecule has 0 amide bonds. The highest BCUT2D eigenvalue weighted by Gasteiger charge is 2.57. The highest BCUT2D eigenvalue weighted by molar-refractivity contribution is 5.55. The quantitative estimate of drug-likeness (QED) is 0.919. The molecule has 0 aromatic carbocycles. The first-order chi connectivity index (χ1) is 11.8. The summed E-state index contributed by atoms with van der Waals surface area (Å²) in [5, 5.41) is 14.2. The Bertz CT molecular complexity index is 789. The largest absolute Gasteiger partial charge is 0.433 e. The summed E-state index contributed by atoms with van der Waals surface area (Å²) in [6, 6.07) is 2.88. The zero-order valence-electron chi connectivity index (χ0n) is 13.9. The van der Waals surface area contributed by atoms with Crippen molar-refractivity contribution in [2.24, 2.45) is 11.8 Å². The average Bonchev–Trinajstić information content (AvgIpc) is 2.90. The van der Waals surface area contributed by atoms with Crippen molar-refractivity contribution in [3.05, 3.63) is 29.8 Å². The van der Waals surface area contributed by atoms with Crippen LogP contribution in [0.1, 0.15) is 50.0 Å². The van der Waals surface area contributed by atoms with E-state index in [0.29, 0.717) is 23.4 Å². The van der Waals surface area contributed by atoms with Crippen LogP contribution in [0.5, 0.6) is 0 Å².